The number of nitrogens with one attached hydrogen (secondary N) is 1. The van der Waals surface area contributed by atoms with E-state index in [0.717, 1.165) is 13.0 Å². The largest absolute Gasteiger partial charge is 0.325 e. The summed E-state index contributed by atoms with van der Waals surface area (Å²) in [6, 6.07) is 0. The summed E-state index contributed by atoms with van der Waals surface area (Å²) >= 11 is 0. The van der Waals surface area contributed by atoms with Crippen molar-refractivity contribution < 1.29 is 4.79 Å². The molecular weight excluding hydrogens is 212 g/mol. The Hall–Kier alpha value is -0.570. The van der Waals surface area contributed by atoms with Crippen molar-refractivity contribution in [2.45, 2.75) is 59.0 Å². The van der Waals surface area contributed by atoms with E-state index >= 15 is 0 Å². The summed E-state index contributed by atoms with van der Waals surface area (Å²) < 4.78 is 0. The molecule has 3 heteroatoms. The highest BCUT2D eigenvalue weighted by Crippen LogP contribution is 2.39. The molecule has 2 aliphatic rings. The van der Waals surface area contributed by atoms with Gasteiger partial charge in [0.25, 0.3) is 0 Å². The second-order valence-corrected chi connectivity index (χ2v) is 6.57. The van der Waals surface area contributed by atoms with Crippen LogP contribution in [0.3, 0.4) is 0 Å². The van der Waals surface area contributed by atoms with Gasteiger partial charge in [0.1, 0.15) is 0 Å². The molecule has 1 aliphatic heterocycles. The molecular formula is C14H26N2O. The molecule has 17 heavy (non-hydrogen) atoms. The van der Waals surface area contributed by atoms with Crippen LogP contribution >= 0.6 is 0 Å². The van der Waals surface area contributed by atoms with Crippen molar-refractivity contribution in [2.75, 3.05) is 13.1 Å². The van der Waals surface area contributed by atoms with Crippen molar-refractivity contribution in [1.29, 1.82) is 0 Å². The average molecular weight is 238 g/mol. The second kappa shape index (κ2) is 4.97. The Kier molecular flexibility index (Phi) is 3.76. The number of carbonyl (C=O) groups excluding carboxylic acids is 1. The quantitative estimate of drug-likeness (QED) is 0.815. The second-order valence-electron chi connectivity index (χ2n) is 6.57. The first-order valence-corrected chi connectivity index (χ1v) is 7.03. The molecule has 1 heterocycles. The summed E-state index contributed by atoms with van der Waals surface area (Å²) in [4.78, 5) is 14.1. The molecule has 0 aromatic heterocycles. The Morgan fingerprint density at radius 1 is 1.41 bits per heavy atom. The lowest BCUT2D eigenvalue weighted by Crippen LogP contribution is -2.43. The van der Waals surface area contributed by atoms with Gasteiger partial charge >= 0.3 is 0 Å². The minimum atomic E-state index is 0.278. The third kappa shape index (κ3) is 3.01. The van der Waals surface area contributed by atoms with E-state index in [-0.39, 0.29) is 6.17 Å². The van der Waals surface area contributed by atoms with E-state index in [1.54, 1.807) is 0 Å². The summed E-state index contributed by atoms with van der Waals surface area (Å²) in [5.74, 6) is 0.932. The molecule has 1 aliphatic carbocycles. The number of rotatable bonds is 4. The molecule has 0 radical (unpaired) electrons. The van der Waals surface area contributed by atoms with Crippen molar-refractivity contribution >= 4 is 5.91 Å². The molecule has 2 fully saturated rings. The third-order valence-corrected chi connectivity index (χ3v) is 4.24. The first-order chi connectivity index (χ1) is 8.00. The maximum Gasteiger partial charge on any atom is 0.237 e. The minimum Gasteiger partial charge on any atom is -0.325 e. The van der Waals surface area contributed by atoms with Gasteiger partial charge in [-0.25, -0.2) is 0 Å². The fourth-order valence-corrected chi connectivity index (χ4v) is 3.24. The van der Waals surface area contributed by atoms with E-state index in [0.29, 0.717) is 23.8 Å². The van der Waals surface area contributed by atoms with E-state index in [9.17, 15) is 4.79 Å². The van der Waals surface area contributed by atoms with Crippen LogP contribution < -0.4 is 5.32 Å². The lowest BCUT2D eigenvalue weighted by molar-refractivity contribution is -0.129. The molecule has 1 saturated heterocycles. The summed E-state index contributed by atoms with van der Waals surface area (Å²) in [7, 11) is 0. The monoisotopic (exact) mass is 238 g/mol. The highest BCUT2D eigenvalue weighted by molar-refractivity contribution is 5.80. The lowest BCUT2D eigenvalue weighted by Gasteiger charge is -2.34. The zero-order chi connectivity index (χ0) is 12.5. The number of amides is 1. The molecule has 2 rings (SSSR count). The van der Waals surface area contributed by atoms with Crippen LogP contribution in [0.2, 0.25) is 0 Å². The summed E-state index contributed by atoms with van der Waals surface area (Å²) in [6.45, 7) is 8.28. The van der Waals surface area contributed by atoms with Crippen molar-refractivity contribution in [3.8, 4) is 0 Å². The summed E-state index contributed by atoms with van der Waals surface area (Å²) in [6.07, 6.45) is 6.58. The van der Waals surface area contributed by atoms with Gasteiger partial charge in [0.05, 0.1) is 12.7 Å². The van der Waals surface area contributed by atoms with Crippen molar-refractivity contribution in [1.82, 2.24) is 10.2 Å². The van der Waals surface area contributed by atoms with Crippen LogP contribution in [0.15, 0.2) is 0 Å². The van der Waals surface area contributed by atoms with E-state index in [2.05, 4.69) is 31.0 Å². The number of carbonyl (C=O) groups is 1. The van der Waals surface area contributed by atoms with Crippen LogP contribution in [-0.4, -0.2) is 30.1 Å². The maximum absolute atomic E-state index is 12.0. The van der Waals surface area contributed by atoms with Gasteiger partial charge in [-0.2, -0.15) is 0 Å². The van der Waals surface area contributed by atoms with Crippen LogP contribution in [0.4, 0.5) is 0 Å². The van der Waals surface area contributed by atoms with E-state index in [4.69, 9.17) is 0 Å². The number of hydrogen-bond acceptors (Lipinski definition) is 2. The van der Waals surface area contributed by atoms with Gasteiger partial charge in [-0.05, 0) is 30.6 Å². The molecule has 1 saturated carbocycles. The highest BCUT2D eigenvalue weighted by Gasteiger charge is 2.37. The zero-order valence-corrected chi connectivity index (χ0v) is 11.5. The van der Waals surface area contributed by atoms with Gasteiger partial charge < -0.3 is 4.90 Å². The Labute approximate surface area is 105 Å². The molecule has 98 valence electrons. The lowest BCUT2D eigenvalue weighted by atomic mass is 9.88. The standard InChI is InChI=1S/C14H26N2O/c1-11(2)8-12-15-9-13(17)16(12)10-14(3)6-4-5-7-14/h11-12,15H,4-10H2,1-3H3. The van der Waals surface area contributed by atoms with Crippen molar-refractivity contribution in [3.63, 3.8) is 0 Å². The van der Waals surface area contributed by atoms with Crippen LogP contribution in [0, 0.1) is 11.3 Å². The van der Waals surface area contributed by atoms with Gasteiger partial charge in [-0.15, -0.1) is 0 Å². The van der Waals surface area contributed by atoms with Gasteiger partial charge in [-0.1, -0.05) is 33.6 Å². The topological polar surface area (TPSA) is 32.3 Å². The molecule has 0 spiro atoms. The van der Waals surface area contributed by atoms with Crippen molar-refractivity contribution in [3.05, 3.63) is 0 Å². The molecule has 3 nitrogen and oxygen atoms in total. The average Bonchev–Trinajstić information content (AvgIpc) is 2.79. The molecule has 1 N–H and O–H groups in total. The SMILES string of the molecule is CC(C)CC1NCC(=O)N1CC1(C)CCCC1. The van der Waals surface area contributed by atoms with E-state index in [1.165, 1.54) is 25.7 Å². The van der Waals surface area contributed by atoms with E-state index in [1.807, 2.05) is 0 Å². The van der Waals surface area contributed by atoms with Crippen LogP contribution in [0.1, 0.15) is 52.9 Å². The molecule has 0 aromatic carbocycles. The summed E-state index contributed by atoms with van der Waals surface area (Å²) in [5, 5.41) is 3.36. The predicted octanol–water partition coefficient (Wildman–Crippen LogP) is 2.37. The minimum absolute atomic E-state index is 0.278. The number of nitrogens with zero attached hydrogens (tertiary/aromatic N) is 1. The van der Waals surface area contributed by atoms with Crippen LogP contribution in [0.25, 0.3) is 0 Å². The fourth-order valence-electron chi connectivity index (χ4n) is 3.24. The maximum atomic E-state index is 12.0. The highest BCUT2D eigenvalue weighted by atomic mass is 16.2. The predicted molar refractivity (Wildman–Crippen MR) is 69.5 cm³/mol. The number of hydrogen-bond donors (Lipinski definition) is 1. The molecule has 1 atom stereocenters. The molecule has 1 unspecified atom stereocenters. The van der Waals surface area contributed by atoms with Gasteiger partial charge in [-0.3, -0.25) is 10.1 Å². The van der Waals surface area contributed by atoms with Gasteiger partial charge in [0.15, 0.2) is 0 Å². The van der Waals surface area contributed by atoms with Crippen molar-refractivity contribution in [2.24, 2.45) is 11.3 Å². The molecule has 1 amide bonds. The van der Waals surface area contributed by atoms with E-state index < -0.39 is 0 Å². The Morgan fingerprint density at radius 2 is 2.06 bits per heavy atom. The Balaban J connectivity index is 1.98. The Morgan fingerprint density at radius 3 is 2.65 bits per heavy atom. The van der Waals surface area contributed by atoms with Crippen LogP contribution in [0.5, 0.6) is 0 Å². The zero-order valence-electron chi connectivity index (χ0n) is 11.5. The first kappa shape index (κ1) is 12.9. The van der Waals surface area contributed by atoms with Gasteiger partial charge in [0, 0.05) is 6.54 Å². The fraction of sp³-hybridized carbons (Fsp3) is 0.929. The first-order valence-electron chi connectivity index (χ1n) is 7.03. The third-order valence-electron chi connectivity index (χ3n) is 4.24. The van der Waals surface area contributed by atoms with Gasteiger partial charge in [0.2, 0.25) is 5.91 Å². The van der Waals surface area contributed by atoms with Crippen LogP contribution in [-0.2, 0) is 4.79 Å². The molecule has 0 bridgehead atoms. The Bertz CT molecular complexity index is 282. The summed E-state index contributed by atoms with van der Waals surface area (Å²) in [5.41, 5.74) is 0.372. The normalized spacial score (nSPS) is 28.4. The smallest absolute Gasteiger partial charge is 0.237 e. The molecule has 0 aromatic rings.